The first-order chi connectivity index (χ1) is 10.9. The van der Waals surface area contributed by atoms with Gasteiger partial charge in [-0.2, -0.15) is 5.10 Å². The average Bonchev–Trinajstić information content (AvgIpc) is 2.96. The molecule has 1 amide bonds. The van der Waals surface area contributed by atoms with Gasteiger partial charge in [-0.25, -0.2) is 4.68 Å². The second-order valence-electron chi connectivity index (χ2n) is 5.91. The van der Waals surface area contributed by atoms with Crippen molar-refractivity contribution < 1.29 is 9.21 Å². The van der Waals surface area contributed by atoms with Crippen LogP contribution in [0.5, 0.6) is 0 Å². The highest BCUT2D eigenvalue weighted by molar-refractivity contribution is 6.04. The molecule has 0 aliphatic rings. The van der Waals surface area contributed by atoms with Crippen LogP contribution in [0.4, 0.5) is 0 Å². The number of amides is 1. The van der Waals surface area contributed by atoms with Gasteiger partial charge in [0.1, 0.15) is 17.8 Å². The van der Waals surface area contributed by atoms with E-state index in [1.165, 1.54) is 4.68 Å². The number of rotatable bonds is 4. The first kappa shape index (κ1) is 15.3. The molecule has 1 N–H and O–H groups in total. The van der Waals surface area contributed by atoms with E-state index in [9.17, 15) is 9.59 Å². The quantitative estimate of drug-likeness (QED) is 0.795. The molecule has 23 heavy (non-hydrogen) atoms. The number of hydrogen-bond acceptors (Lipinski definition) is 4. The maximum Gasteiger partial charge on any atom is 0.291 e. The number of carbonyl (C=O) groups is 1. The summed E-state index contributed by atoms with van der Waals surface area (Å²) in [6.45, 7) is 8.12. The fourth-order valence-corrected chi connectivity index (χ4v) is 2.86. The topological polar surface area (TPSA) is 82.1 Å². The summed E-state index contributed by atoms with van der Waals surface area (Å²) in [6, 6.07) is 1.93. The minimum absolute atomic E-state index is 0.0201. The van der Waals surface area contributed by atoms with Crippen LogP contribution in [-0.4, -0.2) is 26.3 Å². The molecule has 0 aliphatic carbocycles. The molecule has 3 aromatic rings. The number of hydrogen-bond donors (Lipinski definition) is 1. The van der Waals surface area contributed by atoms with Crippen LogP contribution >= 0.6 is 0 Å². The lowest BCUT2D eigenvalue weighted by atomic mass is 10.3. The van der Waals surface area contributed by atoms with Crippen molar-refractivity contribution in [3.8, 4) is 0 Å². The van der Waals surface area contributed by atoms with Gasteiger partial charge in [0, 0.05) is 18.7 Å². The van der Waals surface area contributed by atoms with Crippen LogP contribution in [0.1, 0.15) is 26.5 Å². The average molecular weight is 316 g/mol. The molecule has 3 heterocycles. The lowest BCUT2D eigenvalue weighted by Gasteiger charge is -2.09. The van der Waals surface area contributed by atoms with E-state index in [2.05, 4.69) is 10.4 Å². The van der Waals surface area contributed by atoms with Gasteiger partial charge in [-0.1, -0.05) is 0 Å². The summed E-state index contributed by atoms with van der Waals surface area (Å²) in [6.07, 6.45) is 1.59. The zero-order valence-electron chi connectivity index (χ0n) is 13.7. The molecule has 7 heteroatoms. The van der Waals surface area contributed by atoms with Gasteiger partial charge in [0.05, 0.1) is 17.1 Å². The van der Waals surface area contributed by atoms with Crippen molar-refractivity contribution in [1.29, 1.82) is 0 Å². The number of nitrogens with zero attached hydrogens (tertiary/aromatic N) is 3. The summed E-state index contributed by atoms with van der Waals surface area (Å²) in [7, 11) is 0. The Hall–Kier alpha value is -2.57. The number of aryl methyl sites for hydroxylation is 2. The minimum Gasteiger partial charge on any atom is -0.459 e. The van der Waals surface area contributed by atoms with Crippen molar-refractivity contribution in [3.05, 3.63) is 28.4 Å². The molecule has 3 aromatic heterocycles. The maximum atomic E-state index is 12.7. The molecule has 0 spiro atoms. The van der Waals surface area contributed by atoms with E-state index in [1.54, 1.807) is 6.20 Å². The van der Waals surface area contributed by atoms with Crippen LogP contribution in [0, 0.1) is 6.92 Å². The van der Waals surface area contributed by atoms with Crippen molar-refractivity contribution in [2.24, 2.45) is 0 Å². The standard InChI is InChI=1S/C16H20N4O3/c1-5-19-12-6-10(4)23-15(12)11-7-17-20(16(22)14(11)19)8-13(21)18-9(2)3/h6-7,9H,5,8H2,1-4H3,(H,18,21). The SMILES string of the molecule is CCn1c2cc(C)oc2c2cnn(CC(=O)NC(C)C)c(=O)c21. The Labute approximate surface area is 132 Å². The fraction of sp³-hybridized carbons (Fsp3) is 0.438. The molecule has 0 radical (unpaired) electrons. The number of aromatic nitrogens is 3. The summed E-state index contributed by atoms with van der Waals surface area (Å²) < 4.78 is 8.80. The minimum atomic E-state index is -0.285. The lowest BCUT2D eigenvalue weighted by Crippen LogP contribution is -2.37. The van der Waals surface area contributed by atoms with Gasteiger partial charge < -0.3 is 14.3 Å². The zero-order valence-corrected chi connectivity index (χ0v) is 13.7. The van der Waals surface area contributed by atoms with Gasteiger partial charge in [-0.05, 0) is 27.7 Å². The van der Waals surface area contributed by atoms with Gasteiger partial charge in [0.15, 0.2) is 5.58 Å². The Morgan fingerprint density at radius 1 is 1.43 bits per heavy atom. The van der Waals surface area contributed by atoms with Crippen LogP contribution < -0.4 is 10.9 Å². The number of carbonyl (C=O) groups excluding carboxylic acids is 1. The van der Waals surface area contributed by atoms with Crippen LogP contribution in [0.15, 0.2) is 21.5 Å². The van der Waals surface area contributed by atoms with Gasteiger partial charge in [-0.3, -0.25) is 9.59 Å². The largest absolute Gasteiger partial charge is 0.459 e. The van der Waals surface area contributed by atoms with Gasteiger partial charge in [0.2, 0.25) is 5.91 Å². The predicted molar refractivity (Wildman–Crippen MR) is 87.5 cm³/mol. The number of nitrogens with one attached hydrogen (secondary N) is 1. The van der Waals surface area contributed by atoms with Crippen LogP contribution in [0.2, 0.25) is 0 Å². The maximum absolute atomic E-state index is 12.7. The summed E-state index contributed by atoms with van der Waals surface area (Å²) in [5, 5.41) is 7.57. The van der Waals surface area contributed by atoms with Crippen LogP contribution in [-0.2, 0) is 17.9 Å². The lowest BCUT2D eigenvalue weighted by molar-refractivity contribution is -0.122. The number of furan rings is 1. The Morgan fingerprint density at radius 2 is 2.17 bits per heavy atom. The molecular weight excluding hydrogens is 296 g/mol. The van der Waals surface area contributed by atoms with E-state index in [-0.39, 0.29) is 24.1 Å². The summed E-state index contributed by atoms with van der Waals surface area (Å²) in [4.78, 5) is 24.6. The van der Waals surface area contributed by atoms with Crippen LogP contribution in [0.3, 0.4) is 0 Å². The first-order valence-corrected chi connectivity index (χ1v) is 7.70. The van der Waals surface area contributed by atoms with Crippen molar-refractivity contribution in [2.75, 3.05) is 0 Å². The molecule has 122 valence electrons. The molecular formula is C16H20N4O3. The molecule has 0 saturated carbocycles. The smallest absolute Gasteiger partial charge is 0.291 e. The third-order valence-electron chi connectivity index (χ3n) is 3.72. The second kappa shape index (κ2) is 5.57. The second-order valence-corrected chi connectivity index (χ2v) is 5.91. The highest BCUT2D eigenvalue weighted by Gasteiger charge is 2.19. The Balaban J connectivity index is 2.15. The summed E-state index contributed by atoms with van der Waals surface area (Å²) >= 11 is 0. The van der Waals surface area contributed by atoms with E-state index in [1.807, 2.05) is 38.3 Å². The molecule has 0 saturated heterocycles. The zero-order chi connectivity index (χ0) is 16.7. The Morgan fingerprint density at radius 3 is 2.83 bits per heavy atom. The van der Waals surface area contributed by atoms with Gasteiger partial charge in [0.25, 0.3) is 5.56 Å². The fourth-order valence-electron chi connectivity index (χ4n) is 2.86. The number of fused-ring (bicyclic) bond motifs is 3. The van der Waals surface area contributed by atoms with Crippen molar-refractivity contribution in [2.45, 2.75) is 46.8 Å². The molecule has 0 aliphatic heterocycles. The highest BCUT2D eigenvalue weighted by Crippen LogP contribution is 2.29. The molecule has 0 unspecified atom stereocenters. The Bertz CT molecular complexity index is 946. The van der Waals surface area contributed by atoms with Crippen LogP contribution in [0.25, 0.3) is 22.0 Å². The van der Waals surface area contributed by atoms with Gasteiger partial charge >= 0.3 is 0 Å². The monoisotopic (exact) mass is 316 g/mol. The van der Waals surface area contributed by atoms with E-state index in [0.717, 1.165) is 11.3 Å². The van der Waals surface area contributed by atoms with E-state index in [4.69, 9.17) is 4.42 Å². The molecule has 0 bridgehead atoms. The van der Waals surface area contributed by atoms with Crippen molar-refractivity contribution in [1.82, 2.24) is 19.7 Å². The normalized spacial score (nSPS) is 11.7. The highest BCUT2D eigenvalue weighted by atomic mass is 16.3. The predicted octanol–water partition coefficient (Wildman–Crippen LogP) is 1.80. The molecule has 0 atom stereocenters. The molecule has 3 rings (SSSR count). The first-order valence-electron chi connectivity index (χ1n) is 7.70. The third-order valence-corrected chi connectivity index (χ3v) is 3.72. The molecule has 0 aromatic carbocycles. The van der Waals surface area contributed by atoms with Gasteiger partial charge in [-0.15, -0.1) is 0 Å². The summed E-state index contributed by atoms with van der Waals surface area (Å²) in [5.74, 6) is 0.558. The molecule has 7 nitrogen and oxygen atoms in total. The Kier molecular flexibility index (Phi) is 3.71. The third kappa shape index (κ3) is 2.52. The van der Waals surface area contributed by atoms with E-state index >= 15 is 0 Å². The molecule has 0 fully saturated rings. The van der Waals surface area contributed by atoms with Crippen molar-refractivity contribution >= 4 is 27.9 Å². The van der Waals surface area contributed by atoms with Crippen molar-refractivity contribution in [3.63, 3.8) is 0 Å². The van der Waals surface area contributed by atoms with E-state index in [0.29, 0.717) is 23.0 Å². The van der Waals surface area contributed by atoms with E-state index < -0.39 is 0 Å². The summed E-state index contributed by atoms with van der Waals surface area (Å²) in [5.41, 5.74) is 1.78.